The van der Waals surface area contributed by atoms with Crippen LogP contribution in [-0.2, 0) is 51.4 Å². The minimum Gasteiger partial charge on any atom is -0.311 e. The Hall–Kier alpha value is -4.24. The maximum atomic E-state index is 2.64. The van der Waals surface area contributed by atoms with Crippen molar-refractivity contribution in [1.29, 1.82) is 0 Å². The highest BCUT2D eigenvalue weighted by atomic mass is 15.2. The van der Waals surface area contributed by atoms with E-state index in [2.05, 4.69) is 88.7 Å². The monoisotopic (exact) mass is 580 g/mol. The van der Waals surface area contributed by atoms with Gasteiger partial charge in [-0.05, 0) is 186 Å². The van der Waals surface area contributed by atoms with Crippen LogP contribution >= 0.6 is 0 Å². The lowest BCUT2D eigenvalue weighted by molar-refractivity contribution is 0.911. The molecule has 0 spiro atoms. The summed E-state index contributed by atoms with van der Waals surface area (Å²) in [7, 11) is 0. The number of nitrogens with zero attached hydrogens (tertiary/aromatic N) is 2. The van der Waals surface area contributed by atoms with E-state index >= 15 is 0 Å². The van der Waals surface area contributed by atoms with Crippen LogP contribution in [0.25, 0.3) is 0 Å². The van der Waals surface area contributed by atoms with Crippen LogP contribution in [0.15, 0.2) is 78.9 Å². The average Bonchev–Trinajstić information content (AvgIpc) is 3.89. The van der Waals surface area contributed by atoms with Crippen molar-refractivity contribution in [2.75, 3.05) is 9.80 Å². The fourth-order valence-electron chi connectivity index (χ4n) is 10.0. The van der Waals surface area contributed by atoms with Gasteiger partial charge in [0.1, 0.15) is 0 Å². The molecular formula is C42H37BN2. The van der Waals surface area contributed by atoms with Crippen LogP contribution in [0.5, 0.6) is 0 Å². The van der Waals surface area contributed by atoms with Crippen molar-refractivity contribution in [1.82, 2.24) is 0 Å². The molecule has 0 saturated carbocycles. The van der Waals surface area contributed by atoms with Crippen LogP contribution in [0.4, 0.5) is 34.1 Å². The number of aryl methyl sites for hydroxylation is 8. The predicted molar refractivity (Wildman–Crippen MR) is 189 cm³/mol. The first-order valence-corrected chi connectivity index (χ1v) is 17.6. The third-order valence-electron chi connectivity index (χ3n) is 12.1. The quantitative estimate of drug-likeness (QED) is 0.193. The number of benzene rings is 5. The molecule has 4 aliphatic carbocycles. The van der Waals surface area contributed by atoms with Gasteiger partial charge in [-0.25, -0.2) is 0 Å². The van der Waals surface area contributed by atoms with Crippen molar-refractivity contribution in [2.45, 2.75) is 77.0 Å². The summed E-state index contributed by atoms with van der Waals surface area (Å²) < 4.78 is 0. The second kappa shape index (κ2) is 9.16. The van der Waals surface area contributed by atoms with E-state index in [0.717, 1.165) is 0 Å². The molecule has 5 aromatic rings. The van der Waals surface area contributed by atoms with Gasteiger partial charge in [0.15, 0.2) is 0 Å². The molecule has 2 nitrogen and oxygen atoms in total. The van der Waals surface area contributed by atoms with E-state index in [9.17, 15) is 0 Å². The molecule has 2 heterocycles. The Bertz CT molecular complexity index is 1960. The van der Waals surface area contributed by atoms with Crippen molar-refractivity contribution in [3.8, 4) is 0 Å². The van der Waals surface area contributed by atoms with Gasteiger partial charge in [-0.3, -0.25) is 0 Å². The van der Waals surface area contributed by atoms with Crippen molar-refractivity contribution in [3.63, 3.8) is 0 Å². The number of rotatable bonds is 2. The zero-order valence-corrected chi connectivity index (χ0v) is 26.0. The topological polar surface area (TPSA) is 6.48 Å². The van der Waals surface area contributed by atoms with Gasteiger partial charge in [-0.1, -0.05) is 30.3 Å². The fraction of sp³-hybridized carbons (Fsp3) is 0.286. The number of hydrogen-bond acceptors (Lipinski definition) is 2. The summed E-state index contributed by atoms with van der Waals surface area (Å²) in [4.78, 5) is 5.28. The molecule has 45 heavy (non-hydrogen) atoms. The van der Waals surface area contributed by atoms with Crippen LogP contribution in [0.1, 0.15) is 70.2 Å². The summed E-state index contributed by atoms with van der Waals surface area (Å²) in [6.45, 7) is 0.245. The molecule has 2 aliphatic heterocycles. The molecule has 0 fully saturated rings. The predicted octanol–water partition coefficient (Wildman–Crippen LogP) is 7.72. The van der Waals surface area contributed by atoms with Gasteiger partial charge in [-0.15, -0.1) is 0 Å². The number of fused-ring (bicyclic) bond motifs is 8. The summed E-state index contributed by atoms with van der Waals surface area (Å²) in [5.74, 6) is 0. The van der Waals surface area contributed by atoms with Gasteiger partial charge in [0, 0.05) is 34.1 Å². The van der Waals surface area contributed by atoms with E-state index in [0.29, 0.717) is 0 Å². The Morgan fingerprint density at radius 2 is 0.778 bits per heavy atom. The highest BCUT2D eigenvalue weighted by molar-refractivity contribution is 7.00. The third-order valence-corrected chi connectivity index (χ3v) is 12.1. The molecular weight excluding hydrogens is 543 g/mol. The second-order valence-corrected chi connectivity index (χ2v) is 14.5. The molecule has 0 atom stereocenters. The van der Waals surface area contributed by atoms with Gasteiger partial charge >= 0.3 is 0 Å². The summed E-state index contributed by atoms with van der Waals surface area (Å²) >= 11 is 0. The van der Waals surface area contributed by atoms with E-state index in [-0.39, 0.29) is 6.71 Å². The standard InChI is InChI=1S/C42H37BN2/c1-6-26-16-18-34(20-28(26)8-1)44-38-14-5-15-39-42(38)43(36-22-30-10-3-12-32(30)24-40(36)44)37-23-31-11-4-13-33(31)25-41(37)45(39)35-19-17-27-7-2-9-29(27)21-35/h5,14-25H,1-4,6-13H2. The fourth-order valence-corrected chi connectivity index (χ4v) is 10.0. The molecule has 5 aromatic carbocycles. The lowest BCUT2D eigenvalue weighted by Crippen LogP contribution is -2.61. The van der Waals surface area contributed by atoms with Crippen LogP contribution in [0.3, 0.4) is 0 Å². The Labute approximate surface area is 266 Å². The van der Waals surface area contributed by atoms with E-state index in [1.807, 2.05) is 0 Å². The van der Waals surface area contributed by atoms with Crippen molar-refractivity contribution < 1.29 is 0 Å². The SMILES string of the molecule is c1cc2c3c(c1)N(c1ccc4c(c1)CCC4)c1cc4c(cc1B3c1cc3c(cc1N2c1ccc2c(c1)CCC2)CCC3)CCC4. The second-order valence-electron chi connectivity index (χ2n) is 14.5. The molecule has 0 saturated heterocycles. The minimum absolute atomic E-state index is 0.245. The van der Waals surface area contributed by atoms with Gasteiger partial charge in [0.05, 0.1) is 0 Å². The molecule has 0 radical (unpaired) electrons. The summed E-state index contributed by atoms with van der Waals surface area (Å²) in [5, 5.41) is 0. The normalized spacial score (nSPS) is 17.9. The van der Waals surface area contributed by atoms with E-state index in [1.54, 1.807) is 44.5 Å². The van der Waals surface area contributed by atoms with Crippen molar-refractivity contribution in [2.24, 2.45) is 0 Å². The summed E-state index contributed by atoms with van der Waals surface area (Å²) in [5.41, 5.74) is 25.1. The minimum atomic E-state index is 0.245. The third kappa shape index (κ3) is 3.47. The van der Waals surface area contributed by atoms with Crippen LogP contribution < -0.4 is 26.2 Å². The van der Waals surface area contributed by atoms with E-state index in [1.165, 1.54) is 128 Å². The highest BCUT2D eigenvalue weighted by Gasteiger charge is 2.44. The first-order valence-electron chi connectivity index (χ1n) is 17.6. The highest BCUT2D eigenvalue weighted by Crippen LogP contribution is 2.46. The van der Waals surface area contributed by atoms with Crippen molar-refractivity contribution in [3.05, 3.63) is 123 Å². The molecule has 6 aliphatic rings. The smallest absolute Gasteiger partial charge is 0.252 e. The first-order chi connectivity index (χ1) is 22.3. The summed E-state index contributed by atoms with van der Waals surface area (Å²) in [6.07, 6.45) is 14.8. The van der Waals surface area contributed by atoms with Crippen LogP contribution in [0.2, 0.25) is 0 Å². The average molecular weight is 581 g/mol. The lowest BCUT2D eigenvalue weighted by atomic mass is 9.33. The Morgan fingerprint density at radius 1 is 0.378 bits per heavy atom. The Kier molecular flexibility index (Phi) is 5.09. The molecule has 0 N–H and O–H groups in total. The number of hydrogen-bond donors (Lipinski definition) is 0. The van der Waals surface area contributed by atoms with Crippen molar-refractivity contribution >= 4 is 57.2 Å². The Morgan fingerprint density at radius 3 is 1.24 bits per heavy atom. The molecule has 0 amide bonds. The lowest BCUT2D eigenvalue weighted by Gasteiger charge is -2.44. The molecule has 0 bridgehead atoms. The largest absolute Gasteiger partial charge is 0.311 e. The van der Waals surface area contributed by atoms with E-state index in [4.69, 9.17) is 0 Å². The first kappa shape index (κ1) is 25.0. The number of anilines is 6. The van der Waals surface area contributed by atoms with E-state index < -0.39 is 0 Å². The van der Waals surface area contributed by atoms with Crippen LogP contribution in [-0.4, -0.2) is 6.71 Å². The Balaban J connectivity index is 1.21. The van der Waals surface area contributed by atoms with Gasteiger partial charge in [0.2, 0.25) is 0 Å². The van der Waals surface area contributed by atoms with Gasteiger partial charge in [0.25, 0.3) is 6.71 Å². The zero-order valence-electron chi connectivity index (χ0n) is 26.0. The van der Waals surface area contributed by atoms with Gasteiger partial charge in [-0.2, -0.15) is 0 Å². The summed E-state index contributed by atoms with van der Waals surface area (Å²) in [6, 6.07) is 32.2. The molecule has 11 rings (SSSR count). The van der Waals surface area contributed by atoms with Crippen LogP contribution in [0, 0.1) is 0 Å². The zero-order chi connectivity index (χ0) is 29.2. The molecule has 218 valence electrons. The maximum Gasteiger partial charge on any atom is 0.252 e. The van der Waals surface area contributed by atoms with Gasteiger partial charge < -0.3 is 9.80 Å². The molecule has 0 unspecified atom stereocenters. The molecule has 3 heteroatoms. The molecule has 0 aromatic heterocycles. The maximum absolute atomic E-state index is 2.64.